The molecular weight excluding hydrogens is 525 g/mol. The SMILES string of the molecule is CN(c1cc(C(C)(C)C)[se]c1C(N)=O)c1ncnc2cc(CO)c(OCCCN3CCOCC3)cc12. The number of aliphatic hydroxyl groups is 1. The number of amides is 1. The Balaban J connectivity index is 1.63. The molecule has 1 amide bonds. The van der Waals surface area contributed by atoms with Gasteiger partial charge in [0.05, 0.1) is 13.2 Å². The number of aliphatic hydroxyl groups excluding tert-OH is 1. The first-order valence-corrected chi connectivity index (χ1v) is 13.9. The van der Waals surface area contributed by atoms with E-state index in [1.165, 1.54) is 10.8 Å². The Kier molecular flexibility index (Phi) is 8.32. The summed E-state index contributed by atoms with van der Waals surface area (Å²) < 4.78 is 13.4. The number of hydrogen-bond donors (Lipinski definition) is 2. The Hall–Kier alpha value is -2.49. The summed E-state index contributed by atoms with van der Waals surface area (Å²) in [5, 5.41) is 10.7. The Bertz CT molecular complexity index is 1220. The van der Waals surface area contributed by atoms with Crippen molar-refractivity contribution in [3.05, 3.63) is 39.0 Å². The van der Waals surface area contributed by atoms with Crippen molar-refractivity contribution in [3.63, 3.8) is 0 Å². The van der Waals surface area contributed by atoms with Crippen LogP contribution in [0.25, 0.3) is 10.9 Å². The van der Waals surface area contributed by atoms with E-state index in [0.717, 1.165) is 50.3 Å². The second-order valence-corrected chi connectivity index (χ2v) is 12.2. The molecule has 3 aromatic rings. The molecule has 9 nitrogen and oxygen atoms in total. The summed E-state index contributed by atoms with van der Waals surface area (Å²) in [5.41, 5.74) is 7.86. The van der Waals surface area contributed by atoms with Crippen LogP contribution < -0.4 is 15.4 Å². The van der Waals surface area contributed by atoms with E-state index in [0.29, 0.717) is 33.7 Å². The van der Waals surface area contributed by atoms with E-state index in [1.807, 2.05) is 24.1 Å². The average Bonchev–Trinajstić information content (AvgIpc) is 3.33. The number of ether oxygens (including phenoxy) is 2. The Labute approximate surface area is 218 Å². The molecule has 194 valence electrons. The monoisotopic (exact) mass is 561 g/mol. The molecule has 3 heterocycles. The first kappa shape index (κ1) is 26.6. The van der Waals surface area contributed by atoms with Crippen LogP contribution in [0.3, 0.4) is 0 Å². The molecule has 2 aromatic heterocycles. The molecule has 0 atom stereocenters. The zero-order chi connectivity index (χ0) is 25.9. The first-order valence-electron chi connectivity index (χ1n) is 12.2. The molecule has 0 aliphatic carbocycles. The van der Waals surface area contributed by atoms with Crippen molar-refractivity contribution in [1.29, 1.82) is 0 Å². The predicted molar refractivity (Wildman–Crippen MR) is 141 cm³/mol. The number of nitrogens with two attached hydrogens (primary N) is 1. The maximum absolute atomic E-state index is 12.3. The number of aromatic nitrogens is 2. The van der Waals surface area contributed by atoms with E-state index >= 15 is 0 Å². The van der Waals surface area contributed by atoms with Gasteiger partial charge in [0.25, 0.3) is 0 Å². The van der Waals surface area contributed by atoms with Gasteiger partial charge in [-0.2, -0.15) is 0 Å². The number of benzene rings is 1. The molecule has 1 aliphatic rings. The molecular formula is C26H35N5O4Se. The van der Waals surface area contributed by atoms with Crippen LogP contribution >= 0.6 is 0 Å². The Morgan fingerprint density at radius 3 is 2.67 bits per heavy atom. The molecule has 1 saturated heterocycles. The van der Waals surface area contributed by atoms with Gasteiger partial charge in [-0.1, -0.05) is 0 Å². The molecule has 1 aromatic carbocycles. The molecule has 0 bridgehead atoms. The zero-order valence-electron chi connectivity index (χ0n) is 21.4. The molecule has 4 rings (SSSR count). The number of carbonyl (C=O) groups excluding carboxylic acids is 1. The fraction of sp³-hybridized carbons (Fsp3) is 0.500. The van der Waals surface area contributed by atoms with Gasteiger partial charge in [0, 0.05) is 13.1 Å². The van der Waals surface area contributed by atoms with Gasteiger partial charge in [0.15, 0.2) is 0 Å². The van der Waals surface area contributed by atoms with Crippen molar-refractivity contribution in [3.8, 4) is 5.75 Å². The molecule has 0 saturated carbocycles. The maximum atomic E-state index is 12.3. The Morgan fingerprint density at radius 1 is 1.25 bits per heavy atom. The van der Waals surface area contributed by atoms with Crippen LogP contribution in [-0.2, 0) is 16.8 Å². The summed E-state index contributed by atoms with van der Waals surface area (Å²) in [5.74, 6) is 0.860. The van der Waals surface area contributed by atoms with Crippen LogP contribution in [0.4, 0.5) is 11.5 Å². The van der Waals surface area contributed by atoms with Gasteiger partial charge >= 0.3 is 187 Å². The van der Waals surface area contributed by atoms with Crippen LogP contribution in [0.1, 0.15) is 46.4 Å². The van der Waals surface area contributed by atoms with E-state index in [9.17, 15) is 9.90 Å². The number of nitrogens with zero attached hydrogens (tertiary/aromatic N) is 4. The standard InChI is InChI=1S/C26H35N5O4Se/c1-26(2,3)22-14-20(23(36-22)24(27)33)30(4)25-18-13-21(17(15-32)12-19(18)28-16-29-25)35-9-5-6-31-7-10-34-11-8-31/h12-14,16,32H,5-11,15H2,1-4H3,(H2,27,33). The van der Waals surface area contributed by atoms with E-state index in [-0.39, 0.29) is 26.5 Å². The number of fused-ring (bicyclic) bond motifs is 1. The number of hydrogen-bond acceptors (Lipinski definition) is 8. The quantitative estimate of drug-likeness (QED) is 0.303. The number of anilines is 2. The van der Waals surface area contributed by atoms with Crippen LogP contribution in [0.15, 0.2) is 24.5 Å². The second-order valence-electron chi connectivity index (χ2n) is 9.99. The average molecular weight is 561 g/mol. The van der Waals surface area contributed by atoms with Gasteiger partial charge < -0.3 is 4.74 Å². The molecule has 0 radical (unpaired) electrons. The third-order valence-electron chi connectivity index (χ3n) is 6.30. The van der Waals surface area contributed by atoms with Gasteiger partial charge in [0.1, 0.15) is 0 Å². The summed E-state index contributed by atoms with van der Waals surface area (Å²) in [7, 11) is 1.89. The molecule has 0 spiro atoms. The predicted octanol–water partition coefficient (Wildman–Crippen LogP) is 2.44. The summed E-state index contributed by atoms with van der Waals surface area (Å²) >= 11 is -0.144. The normalized spacial score (nSPS) is 14.8. The van der Waals surface area contributed by atoms with E-state index in [1.54, 1.807) is 0 Å². The van der Waals surface area contributed by atoms with Gasteiger partial charge in [-0.05, 0) is 0 Å². The minimum atomic E-state index is -0.405. The van der Waals surface area contributed by atoms with Crippen molar-refractivity contribution >= 4 is 42.8 Å². The summed E-state index contributed by atoms with van der Waals surface area (Å²) in [6, 6.07) is 5.80. The topological polar surface area (TPSA) is 114 Å². The molecule has 3 N–H and O–H groups in total. The molecule has 0 unspecified atom stereocenters. The van der Waals surface area contributed by atoms with Crippen LogP contribution in [0.2, 0.25) is 0 Å². The minimum absolute atomic E-state index is 0.0602. The van der Waals surface area contributed by atoms with Gasteiger partial charge in [-0.15, -0.1) is 0 Å². The number of carbonyl (C=O) groups is 1. The fourth-order valence-electron chi connectivity index (χ4n) is 4.22. The van der Waals surface area contributed by atoms with Crippen LogP contribution in [0, 0.1) is 0 Å². The van der Waals surface area contributed by atoms with E-state index in [4.69, 9.17) is 15.2 Å². The Morgan fingerprint density at radius 2 is 2.00 bits per heavy atom. The van der Waals surface area contributed by atoms with E-state index in [2.05, 4.69) is 41.7 Å². The third-order valence-corrected chi connectivity index (χ3v) is 9.58. The van der Waals surface area contributed by atoms with Crippen molar-refractivity contribution in [2.24, 2.45) is 5.73 Å². The second kappa shape index (κ2) is 11.3. The number of rotatable bonds is 9. The van der Waals surface area contributed by atoms with Crippen LogP contribution in [0.5, 0.6) is 5.75 Å². The van der Waals surface area contributed by atoms with Crippen molar-refractivity contribution in [1.82, 2.24) is 14.9 Å². The summed E-state index contributed by atoms with van der Waals surface area (Å²) in [4.78, 5) is 25.6. The number of morpholine rings is 1. The fourth-order valence-corrected chi connectivity index (χ4v) is 6.53. The molecule has 1 aliphatic heterocycles. The zero-order valence-corrected chi connectivity index (χ0v) is 23.1. The number of primary amides is 1. The summed E-state index contributed by atoms with van der Waals surface area (Å²) in [6.45, 7) is 11.2. The van der Waals surface area contributed by atoms with Crippen molar-refractivity contribution < 1.29 is 19.4 Å². The van der Waals surface area contributed by atoms with Gasteiger partial charge in [-0.3, -0.25) is 0 Å². The first-order chi connectivity index (χ1) is 17.2. The summed E-state index contributed by atoms with van der Waals surface area (Å²) in [6.07, 6.45) is 2.37. The van der Waals surface area contributed by atoms with E-state index < -0.39 is 5.91 Å². The van der Waals surface area contributed by atoms with Gasteiger partial charge in [-0.25, -0.2) is 0 Å². The molecule has 1 fully saturated rings. The third kappa shape index (κ3) is 5.90. The van der Waals surface area contributed by atoms with Crippen LogP contribution in [-0.4, -0.2) is 86.9 Å². The molecule has 36 heavy (non-hydrogen) atoms. The molecule has 10 heteroatoms. The van der Waals surface area contributed by atoms with Gasteiger partial charge in [0.2, 0.25) is 0 Å². The van der Waals surface area contributed by atoms with Crippen molar-refractivity contribution in [2.45, 2.75) is 39.2 Å². The van der Waals surface area contributed by atoms with Crippen molar-refractivity contribution in [2.75, 3.05) is 51.4 Å².